The topological polar surface area (TPSA) is 54.2 Å². The van der Waals surface area contributed by atoms with Gasteiger partial charge in [-0.25, -0.2) is 0 Å². The molecule has 134 valence electrons. The number of halogens is 1. The van der Waals surface area contributed by atoms with Gasteiger partial charge in [0, 0.05) is 36.8 Å². The van der Waals surface area contributed by atoms with Gasteiger partial charge in [-0.15, -0.1) is 35.3 Å². The van der Waals surface area contributed by atoms with Crippen LogP contribution in [0.3, 0.4) is 0 Å². The van der Waals surface area contributed by atoms with Crippen molar-refractivity contribution in [2.45, 2.75) is 40.2 Å². The van der Waals surface area contributed by atoms with E-state index >= 15 is 0 Å². The number of aromatic nitrogens is 2. The van der Waals surface area contributed by atoms with Crippen LogP contribution in [0.4, 0.5) is 0 Å². The zero-order valence-corrected chi connectivity index (χ0v) is 17.9. The molecule has 0 unspecified atom stereocenters. The summed E-state index contributed by atoms with van der Waals surface area (Å²) in [7, 11) is 0. The van der Waals surface area contributed by atoms with Crippen molar-refractivity contribution in [3.63, 3.8) is 0 Å². The van der Waals surface area contributed by atoms with E-state index in [1.165, 1.54) is 10.6 Å². The van der Waals surface area contributed by atoms with Crippen molar-refractivity contribution in [2.24, 2.45) is 4.99 Å². The lowest BCUT2D eigenvalue weighted by Crippen LogP contribution is -2.38. The maximum Gasteiger partial charge on any atom is 0.191 e. The summed E-state index contributed by atoms with van der Waals surface area (Å²) in [6.07, 6.45) is 2.03. The smallest absolute Gasteiger partial charge is 0.191 e. The molecule has 0 spiro atoms. The lowest BCUT2D eigenvalue weighted by molar-refractivity contribution is 0.567. The highest BCUT2D eigenvalue weighted by molar-refractivity contribution is 14.0. The van der Waals surface area contributed by atoms with E-state index in [2.05, 4.69) is 62.8 Å². The SMILES string of the molecule is CCNC(=NCCCn1nc(C)cc1C)NCCc1cccs1.I. The molecule has 7 heteroatoms. The summed E-state index contributed by atoms with van der Waals surface area (Å²) in [5, 5.41) is 13.3. The van der Waals surface area contributed by atoms with Crippen LogP contribution in [-0.2, 0) is 13.0 Å². The number of guanidine groups is 1. The van der Waals surface area contributed by atoms with E-state index in [1.54, 1.807) is 11.3 Å². The van der Waals surface area contributed by atoms with Crippen molar-refractivity contribution in [2.75, 3.05) is 19.6 Å². The molecule has 0 radical (unpaired) electrons. The summed E-state index contributed by atoms with van der Waals surface area (Å²) in [4.78, 5) is 6.04. The first-order chi connectivity index (χ1) is 11.2. The Kier molecular flexibility index (Phi) is 10.0. The summed E-state index contributed by atoms with van der Waals surface area (Å²) < 4.78 is 2.06. The van der Waals surface area contributed by atoms with E-state index in [9.17, 15) is 0 Å². The van der Waals surface area contributed by atoms with Crippen LogP contribution >= 0.6 is 35.3 Å². The second-order valence-electron chi connectivity index (χ2n) is 5.52. The summed E-state index contributed by atoms with van der Waals surface area (Å²) in [6.45, 7) is 9.71. The van der Waals surface area contributed by atoms with Crippen molar-refractivity contribution in [3.8, 4) is 0 Å². The minimum Gasteiger partial charge on any atom is -0.357 e. The van der Waals surface area contributed by atoms with Crippen molar-refractivity contribution < 1.29 is 0 Å². The van der Waals surface area contributed by atoms with Crippen molar-refractivity contribution in [1.29, 1.82) is 0 Å². The van der Waals surface area contributed by atoms with Gasteiger partial charge in [0.05, 0.1) is 5.69 Å². The van der Waals surface area contributed by atoms with E-state index in [0.717, 1.165) is 50.7 Å². The Balaban J connectivity index is 0.00000288. The van der Waals surface area contributed by atoms with E-state index < -0.39 is 0 Å². The van der Waals surface area contributed by atoms with Crippen LogP contribution in [0.15, 0.2) is 28.6 Å². The molecule has 0 bridgehead atoms. The van der Waals surface area contributed by atoms with Crippen LogP contribution in [0.5, 0.6) is 0 Å². The third-order valence-electron chi connectivity index (χ3n) is 3.49. The molecule has 24 heavy (non-hydrogen) atoms. The van der Waals surface area contributed by atoms with Crippen LogP contribution in [0.1, 0.15) is 29.6 Å². The van der Waals surface area contributed by atoms with Gasteiger partial charge in [-0.1, -0.05) is 6.07 Å². The molecule has 0 aliphatic rings. The van der Waals surface area contributed by atoms with Crippen molar-refractivity contribution in [3.05, 3.63) is 39.8 Å². The normalized spacial score (nSPS) is 11.2. The van der Waals surface area contributed by atoms with Crippen molar-refractivity contribution >= 4 is 41.3 Å². The Morgan fingerprint density at radius 3 is 2.79 bits per heavy atom. The molecule has 2 N–H and O–H groups in total. The first kappa shape index (κ1) is 21.0. The molecule has 2 aromatic rings. The minimum atomic E-state index is 0. The van der Waals surface area contributed by atoms with Gasteiger partial charge < -0.3 is 10.6 Å². The maximum atomic E-state index is 4.64. The van der Waals surface area contributed by atoms with Gasteiger partial charge in [0.15, 0.2) is 5.96 Å². The second-order valence-corrected chi connectivity index (χ2v) is 6.55. The maximum absolute atomic E-state index is 4.64. The largest absolute Gasteiger partial charge is 0.357 e. The van der Waals surface area contributed by atoms with Gasteiger partial charge in [-0.3, -0.25) is 9.67 Å². The molecule has 0 saturated heterocycles. The van der Waals surface area contributed by atoms with Gasteiger partial charge in [0.1, 0.15) is 0 Å². The van der Waals surface area contributed by atoms with E-state index in [1.807, 2.05) is 6.92 Å². The number of nitrogens with zero attached hydrogens (tertiary/aromatic N) is 3. The standard InChI is InChI=1S/C17H27N5S.HI/c1-4-18-17(20-10-8-16-7-5-12-23-16)19-9-6-11-22-15(3)13-14(2)21-22;/h5,7,12-13H,4,6,8-11H2,1-3H3,(H2,18,19,20);1H. The Morgan fingerprint density at radius 1 is 1.33 bits per heavy atom. The average molecular weight is 461 g/mol. The highest BCUT2D eigenvalue weighted by Crippen LogP contribution is 2.08. The van der Waals surface area contributed by atoms with Crippen LogP contribution in [0.25, 0.3) is 0 Å². The summed E-state index contributed by atoms with van der Waals surface area (Å²) in [5.41, 5.74) is 2.29. The fourth-order valence-corrected chi connectivity index (χ4v) is 3.12. The molecule has 0 aliphatic heterocycles. The monoisotopic (exact) mass is 461 g/mol. The summed E-state index contributed by atoms with van der Waals surface area (Å²) in [5.74, 6) is 0.900. The Hall–Kier alpha value is -1.09. The quantitative estimate of drug-likeness (QED) is 0.274. The summed E-state index contributed by atoms with van der Waals surface area (Å²) in [6, 6.07) is 6.38. The van der Waals surface area contributed by atoms with Gasteiger partial charge in [0.2, 0.25) is 0 Å². The molecular weight excluding hydrogens is 433 g/mol. The molecule has 2 aromatic heterocycles. The predicted molar refractivity (Wildman–Crippen MR) is 114 cm³/mol. The Bertz CT molecular complexity index is 607. The van der Waals surface area contributed by atoms with Crippen LogP contribution < -0.4 is 10.6 Å². The fourth-order valence-electron chi connectivity index (χ4n) is 2.41. The van der Waals surface area contributed by atoms with Crippen LogP contribution in [0, 0.1) is 13.8 Å². The van der Waals surface area contributed by atoms with E-state index in [-0.39, 0.29) is 24.0 Å². The second kappa shape index (κ2) is 11.5. The molecular formula is C17H28IN5S. The molecule has 0 amide bonds. The molecule has 0 aliphatic carbocycles. The molecule has 0 fully saturated rings. The first-order valence-electron chi connectivity index (χ1n) is 8.24. The third-order valence-corrected chi connectivity index (χ3v) is 4.43. The number of aryl methyl sites for hydroxylation is 3. The molecule has 0 aromatic carbocycles. The lowest BCUT2D eigenvalue weighted by atomic mass is 10.3. The highest BCUT2D eigenvalue weighted by atomic mass is 127. The molecule has 2 rings (SSSR count). The van der Waals surface area contributed by atoms with Crippen LogP contribution in [-0.4, -0.2) is 35.4 Å². The minimum absolute atomic E-state index is 0. The van der Waals surface area contributed by atoms with E-state index in [4.69, 9.17) is 0 Å². The summed E-state index contributed by atoms with van der Waals surface area (Å²) >= 11 is 1.80. The zero-order chi connectivity index (χ0) is 16.5. The lowest BCUT2D eigenvalue weighted by Gasteiger charge is -2.11. The molecule has 5 nitrogen and oxygen atoms in total. The molecule has 0 saturated carbocycles. The van der Waals surface area contributed by atoms with Gasteiger partial charge in [-0.05, 0) is 51.1 Å². The zero-order valence-electron chi connectivity index (χ0n) is 14.7. The third kappa shape index (κ3) is 7.21. The number of thiophene rings is 1. The fraction of sp³-hybridized carbons (Fsp3) is 0.529. The number of hydrogen-bond acceptors (Lipinski definition) is 3. The van der Waals surface area contributed by atoms with Crippen LogP contribution in [0.2, 0.25) is 0 Å². The number of nitrogens with one attached hydrogen (secondary N) is 2. The average Bonchev–Trinajstić information content (AvgIpc) is 3.13. The Labute approximate surface area is 166 Å². The van der Waals surface area contributed by atoms with Gasteiger partial charge in [0.25, 0.3) is 0 Å². The van der Waals surface area contributed by atoms with E-state index in [0.29, 0.717) is 0 Å². The predicted octanol–water partition coefficient (Wildman–Crippen LogP) is 3.37. The first-order valence-corrected chi connectivity index (χ1v) is 9.12. The van der Waals surface area contributed by atoms with Gasteiger partial charge >= 0.3 is 0 Å². The van der Waals surface area contributed by atoms with Crippen molar-refractivity contribution in [1.82, 2.24) is 20.4 Å². The Morgan fingerprint density at radius 2 is 2.17 bits per heavy atom. The number of hydrogen-bond donors (Lipinski definition) is 2. The molecule has 0 atom stereocenters. The van der Waals surface area contributed by atoms with Gasteiger partial charge in [-0.2, -0.15) is 5.10 Å². The molecule has 2 heterocycles. The highest BCUT2D eigenvalue weighted by Gasteiger charge is 2.01. The number of aliphatic imine (C=N–C) groups is 1. The number of rotatable bonds is 8.